The van der Waals surface area contributed by atoms with Crippen molar-refractivity contribution in [3.05, 3.63) is 69.0 Å². The Balaban J connectivity index is 2.16. The van der Waals surface area contributed by atoms with Crippen molar-refractivity contribution in [1.29, 1.82) is 0 Å². The second-order valence-electron chi connectivity index (χ2n) is 4.80. The van der Waals surface area contributed by atoms with Crippen LogP contribution in [0, 0.1) is 22.9 Å². The Morgan fingerprint density at radius 2 is 1.91 bits per heavy atom. The molecular weight excluding hydrogens is 305 g/mol. The Bertz CT molecular complexity index is 743. The number of carbonyl (C=O) groups excluding carboxylic acids is 1. The first-order valence-corrected chi connectivity index (χ1v) is 6.67. The summed E-state index contributed by atoms with van der Waals surface area (Å²) in [5, 5.41) is 11.0. The van der Waals surface area contributed by atoms with E-state index in [4.69, 9.17) is 4.74 Å². The van der Waals surface area contributed by atoms with Gasteiger partial charge in [-0.05, 0) is 36.2 Å². The van der Waals surface area contributed by atoms with Crippen LogP contribution in [0.5, 0.6) is 5.75 Å². The molecule has 0 heterocycles. The van der Waals surface area contributed by atoms with E-state index in [2.05, 4.69) is 4.74 Å². The van der Waals surface area contributed by atoms with Gasteiger partial charge in [-0.2, -0.15) is 0 Å². The molecular formula is C16H14FNO5. The number of methoxy groups -OCH3 is 1. The Morgan fingerprint density at radius 1 is 1.26 bits per heavy atom. The van der Waals surface area contributed by atoms with Crippen LogP contribution in [0.15, 0.2) is 36.4 Å². The third-order valence-electron chi connectivity index (χ3n) is 3.21. The highest BCUT2D eigenvalue weighted by Gasteiger charge is 2.18. The molecule has 2 rings (SSSR count). The van der Waals surface area contributed by atoms with E-state index >= 15 is 0 Å². The minimum absolute atomic E-state index is 0.00838. The molecule has 0 aliphatic carbocycles. The molecule has 0 radical (unpaired) electrons. The van der Waals surface area contributed by atoms with Gasteiger partial charge in [-0.1, -0.05) is 12.1 Å². The van der Waals surface area contributed by atoms with Gasteiger partial charge in [0.25, 0.3) is 0 Å². The summed E-state index contributed by atoms with van der Waals surface area (Å²) in [5.74, 6) is -1.13. The van der Waals surface area contributed by atoms with E-state index in [1.54, 1.807) is 24.3 Å². The molecule has 0 bridgehead atoms. The molecule has 120 valence electrons. The second kappa shape index (κ2) is 6.87. The van der Waals surface area contributed by atoms with Crippen LogP contribution in [0.2, 0.25) is 0 Å². The van der Waals surface area contributed by atoms with Crippen molar-refractivity contribution < 1.29 is 23.6 Å². The molecule has 7 heteroatoms. The molecule has 2 aromatic carbocycles. The summed E-state index contributed by atoms with van der Waals surface area (Å²) >= 11 is 0. The molecule has 0 aliphatic rings. The van der Waals surface area contributed by atoms with Gasteiger partial charge in [0.1, 0.15) is 12.4 Å². The van der Waals surface area contributed by atoms with E-state index in [0.717, 1.165) is 6.07 Å². The Morgan fingerprint density at radius 3 is 2.48 bits per heavy atom. The highest BCUT2D eigenvalue weighted by molar-refractivity contribution is 5.89. The molecule has 2 aromatic rings. The van der Waals surface area contributed by atoms with Crippen molar-refractivity contribution in [2.75, 3.05) is 7.11 Å². The zero-order valence-electron chi connectivity index (χ0n) is 12.5. The summed E-state index contributed by atoms with van der Waals surface area (Å²) in [7, 11) is 1.29. The number of esters is 1. The van der Waals surface area contributed by atoms with Crippen LogP contribution in [0.3, 0.4) is 0 Å². The quantitative estimate of drug-likeness (QED) is 0.479. The van der Waals surface area contributed by atoms with Crippen molar-refractivity contribution in [1.82, 2.24) is 0 Å². The van der Waals surface area contributed by atoms with E-state index in [1.165, 1.54) is 20.1 Å². The average molecular weight is 319 g/mol. The third kappa shape index (κ3) is 3.82. The molecule has 0 aliphatic heterocycles. The molecule has 0 atom stereocenters. The fraction of sp³-hybridized carbons (Fsp3) is 0.188. The predicted molar refractivity (Wildman–Crippen MR) is 79.9 cm³/mol. The molecule has 0 spiro atoms. The van der Waals surface area contributed by atoms with Gasteiger partial charge in [-0.3, -0.25) is 10.1 Å². The summed E-state index contributed by atoms with van der Waals surface area (Å²) < 4.78 is 23.4. The van der Waals surface area contributed by atoms with Gasteiger partial charge >= 0.3 is 11.7 Å². The Kier molecular flexibility index (Phi) is 4.90. The largest absolute Gasteiger partial charge is 0.482 e. The summed E-state index contributed by atoms with van der Waals surface area (Å²) in [6.07, 6.45) is 0. The minimum atomic E-state index is -0.696. The average Bonchev–Trinajstić information content (AvgIpc) is 2.55. The number of rotatable bonds is 5. The predicted octanol–water partition coefficient (Wildman–Crippen LogP) is 3.41. The number of nitrogens with zero attached hydrogens (tertiary/aromatic N) is 1. The summed E-state index contributed by atoms with van der Waals surface area (Å²) in [4.78, 5) is 21.6. The topological polar surface area (TPSA) is 78.7 Å². The highest BCUT2D eigenvalue weighted by Crippen LogP contribution is 2.30. The van der Waals surface area contributed by atoms with Gasteiger partial charge in [0.05, 0.1) is 23.7 Å². The third-order valence-corrected chi connectivity index (χ3v) is 3.21. The highest BCUT2D eigenvalue weighted by atomic mass is 19.1. The normalized spacial score (nSPS) is 10.2. The molecule has 23 heavy (non-hydrogen) atoms. The Hall–Kier alpha value is -2.96. The van der Waals surface area contributed by atoms with E-state index < -0.39 is 22.4 Å². The number of nitro groups is 1. The first kappa shape index (κ1) is 16.4. The standard InChI is InChI=1S/C16H14FNO5/c1-10-7-15(14(18(20)21)8-13(10)17)23-9-11-3-5-12(6-4-11)16(19)22-2/h3-8H,9H2,1-2H3. The monoisotopic (exact) mass is 319 g/mol. The smallest absolute Gasteiger partial charge is 0.337 e. The van der Waals surface area contributed by atoms with Crippen molar-refractivity contribution >= 4 is 11.7 Å². The number of halogens is 1. The van der Waals surface area contributed by atoms with Gasteiger partial charge in [0, 0.05) is 0 Å². The van der Waals surface area contributed by atoms with Crippen LogP contribution in [0.4, 0.5) is 10.1 Å². The zero-order chi connectivity index (χ0) is 17.0. The number of benzene rings is 2. The van der Waals surface area contributed by atoms with Gasteiger partial charge in [-0.15, -0.1) is 0 Å². The SMILES string of the molecule is COC(=O)c1ccc(COc2cc(C)c(F)cc2[N+](=O)[O-])cc1. The second-order valence-corrected chi connectivity index (χ2v) is 4.80. The maximum atomic E-state index is 13.4. The van der Waals surface area contributed by atoms with Crippen LogP contribution in [-0.4, -0.2) is 18.0 Å². The van der Waals surface area contributed by atoms with Crippen molar-refractivity contribution in [3.8, 4) is 5.75 Å². The lowest BCUT2D eigenvalue weighted by atomic mass is 10.1. The lowest BCUT2D eigenvalue weighted by Gasteiger charge is -2.09. The number of ether oxygens (including phenoxy) is 2. The summed E-state index contributed by atoms with van der Waals surface area (Å²) in [6, 6.07) is 8.55. The Labute approximate surface area is 131 Å². The lowest BCUT2D eigenvalue weighted by molar-refractivity contribution is -0.386. The fourth-order valence-corrected chi connectivity index (χ4v) is 1.92. The van der Waals surface area contributed by atoms with E-state index in [-0.39, 0.29) is 17.9 Å². The number of carbonyl (C=O) groups is 1. The van der Waals surface area contributed by atoms with E-state index in [0.29, 0.717) is 11.1 Å². The van der Waals surface area contributed by atoms with Gasteiger partial charge in [0.2, 0.25) is 0 Å². The molecule has 0 amide bonds. The first-order valence-electron chi connectivity index (χ1n) is 6.67. The zero-order valence-corrected chi connectivity index (χ0v) is 12.5. The molecule has 0 N–H and O–H groups in total. The van der Waals surface area contributed by atoms with E-state index in [9.17, 15) is 19.3 Å². The molecule has 0 aromatic heterocycles. The van der Waals surface area contributed by atoms with Gasteiger partial charge < -0.3 is 9.47 Å². The van der Waals surface area contributed by atoms with Crippen molar-refractivity contribution in [2.24, 2.45) is 0 Å². The molecule has 0 fully saturated rings. The van der Waals surface area contributed by atoms with Gasteiger partial charge in [-0.25, -0.2) is 9.18 Å². The molecule has 0 unspecified atom stereocenters. The van der Waals surface area contributed by atoms with Crippen molar-refractivity contribution in [3.63, 3.8) is 0 Å². The van der Waals surface area contributed by atoms with Gasteiger partial charge in [0.15, 0.2) is 5.75 Å². The lowest BCUT2D eigenvalue weighted by Crippen LogP contribution is -2.03. The number of hydrogen-bond acceptors (Lipinski definition) is 5. The fourth-order valence-electron chi connectivity index (χ4n) is 1.92. The minimum Gasteiger partial charge on any atom is -0.482 e. The first-order chi connectivity index (χ1) is 10.9. The summed E-state index contributed by atoms with van der Waals surface area (Å²) in [6.45, 7) is 1.55. The number of hydrogen-bond donors (Lipinski definition) is 0. The molecule has 6 nitrogen and oxygen atoms in total. The van der Waals surface area contributed by atoms with Crippen LogP contribution >= 0.6 is 0 Å². The van der Waals surface area contributed by atoms with Crippen LogP contribution in [0.1, 0.15) is 21.5 Å². The number of nitro benzene ring substituents is 1. The van der Waals surface area contributed by atoms with Crippen LogP contribution < -0.4 is 4.74 Å². The maximum Gasteiger partial charge on any atom is 0.337 e. The molecule has 0 saturated carbocycles. The van der Waals surface area contributed by atoms with Crippen LogP contribution in [0.25, 0.3) is 0 Å². The van der Waals surface area contributed by atoms with Crippen LogP contribution in [-0.2, 0) is 11.3 Å². The number of aryl methyl sites for hydroxylation is 1. The van der Waals surface area contributed by atoms with Crippen molar-refractivity contribution in [2.45, 2.75) is 13.5 Å². The van der Waals surface area contributed by atoms with E-state index in [1.807, 2.05) is 0 Å². The summed E-state index contributed by atoms with van der Waals surface area (Å²) in [5.41, 5.74) is 0.916. The maximum absolute atomic E-state index is 13.4. The molecule has 0 saturated heterocycles.